The summed E-state index contributed by atoms with van der Waals surface area (Å²) in [5.41, 5.74) is 2.43. The molecule has 0 aliphatic heterocycles. The van der Waals surface area contributed by atoms with E-state index in [1.807, 2.05) is 24.3 Å². The molecule has 2 rings (SSSR count). The zero-order chi connectivity index (χ0) is 18.4. The van der Waals surface area contributed by atoms with Crippen LogP contribution in [0.25, 0.3) is 0 Å². The Morgan fingerprint density at radius 3 is 2.36 bits per heavy atom. The first-order valence-corrected chi connectivity index (χ1v) is 8.79. The lowest BCUT2D eigenvalue weighted by molar-refractivity contribution is -0.117. The van der Waals surface area contributed by atoms with Gasteiger partial charge >= 0.3 is 0 Å². The van der Waals surface area contributed by atoms with Crippen LogP contribution in [0.15, 0.2) is 42.5 Å². The van der Waals surface area contributed by atoms with E-state index in [-0.39, 0.29) is 24.8 Å². The van der Waals surface area contributed by atoms with E-state index in [1.54, 1.807) is 23.1 Å². The van der Waals surface area contributed by atoms with Crippen LogP contribution in [0, 0.1) is 0 Å². The largest absolute Gasteiger partial charge is 0.325 e. The highest BCUT2D eigenvalue weighted by Gasteiger charge is 2.14. The number of aryl methyl sites for hydroxylation is 1. The highest BCUT2D eigenvalue weighted by molar-refractivity contribution is 6.43. The summed E-state index contributed by atoms with van der Waals surface area (Å²) in [5, 5.41) is 3.40. The van der Waals surface area contributed by atoms with E-state index >= 15 is 0 Å². The molecule has 2 aromatic carbocycles. The summed E-state index contributed by atoms with van der Waals surface area (Å²) < 4.78 is 0. The maximum Gasteiger partial charge on any atom is 0.226 e. The molecule has 1 N–H and O–H groups in total. The minimum atomic E-state index is -0.236. The molecule has 6 heteroatoms. The highest BCUT2D eigenvalue weighted by atomic mass is 35.5. The zero-order valence-corrected chi connectivity index (χ0v) is 15.7. The standard InChI is InChI=1S/C19H20Cl2N2O2/c1-3-14-7-9-15(10-8-14)23(13(2)24)12-11-18(25)22-17-6-4-5-16(20)19(17)21/h4-10H,3,11-12H2,1-2H3,(H,22,25). The fourth-order valence-corrected chi connectivity index (χ4v) is 2.75. The third-order valence-corrected chi connectivity index (χ3v) is 4.64. The monoisotopic (exact) mass is 378 g/mol. The van der Waals surface area contributed by atoms with Gasteiger partial charge in [-0.15, -0.1) is 0 Å². The molecule has 0 atom stereocenters. The van der Waals surface area contributed by atoms with Crippen LogP contribution in [0.5, 0.6) is 0 Å². The number of carbonyl (C=O) groups excluding carboxylic acids is 2. The van der Waals surface area contributed by atoms with E-state index in [4.69, 9.17) is 23.2 Å². The maximum absolute atomic E-state index is 12.2. The number of nitrogens with one attached hydrogen (secondary N) is 1. The molecule has 0 unspecified atom stereocenters. The van der Waals surface area contributed by atoms with Gasteiger partial charge in [-0.3, -0.25) is 9.59 Å². The van der Waals surface area contributed by atoms with Crippen molar-refractivity contribution < 1.29 is 9.59 Å². The molecule has 132 valence electrons. The lowest BCUT2D eigenvalue weighted by Crippen LogP contribution is -2.32. The van der Waals surface area contributed by atoms with Gasteiger partial charge in [-0.2, -0.15) is 0 Å². The van der Waals surface area contributed by atoms with Gasteiger partial charge < -0.3 is 10.2 Å². The highest BCUT2D eigenvalue weighted by Crippen LogP contribution is 2.29. The molecular formula is C19H20Cl2N2O2. The molecule has 0 fully saturated rings. The van der Waals surface area contributed by atoms with Gasteiger partial charge in [0.1, 0.15) is 0 Å². The molecule has 25 heavy (non-hydrogen) atoms. The smallest absolute Gasteiger partial charge is 0.226 e. The number of carbonyl (C=O) groups is 2. The van der Waals surface area contributed by atoms with Crippen LogP contribution in [0.4, 0.5) is 11.4 Å². The molecule has 2 aromatic rings. The van der Waals surface area contributed by atoms with Crippen molar-refractivity contribution >= 4 is 46.4 Å². The van der Waals surface area contributed by atoms with E-state index in [9.17, 15) is 9.59 Å². The summed E-state index contributed by atoms with van der Waals surface area (Å²) in [5.74, 6) is -0.349. The predicted octanol–water partition coefficient (Wildman–Crippen LogP) is 4.94. The summed E-state index contributed by atoms with van der Waals surface area (Å²) >= 11 is 12.0. The van der Waals surface area contributed by atoms with E-state index in [2.05, 4.69) is 12.2 Å². The Balaban J connectivity index is 2.01. The summed E-state index contributed by atoms with van der Waals surface area (Å²) in [4.78, 5) is 25.7. The molecule has 4 nitrogen and oxygen atoms in total. The Labute approximate surface area is 157 Å². The third kappa shape index (κ3) is 5.21. The minimum Gasteiger partial charge on any atom is -0.325 e. The van der Waals surface area contributed by atoms with Crippen molar-refractivity contribution in [1.82, 2.24) is 0 Å². The lowest BCUT2D eigenvalue weighted by Gasteiger charge is -2.21. The number of rotatable bonds is 6. The Kier molecular flexibility index (Phi) is 6.85. The second-order valence-corrected chi connectivity index (χ2v) is 6.38. The van der Waals surface area contributed by atoms with Crippen LogP contribution in [-0.2, 0) is 16.0 Å². The van der Waals surface area contributed by atoms with Gasteiger partial charge in [-0.05, 0) is 36.2 Å². The number of hydrogen-bond donors (Lipinski definition) is 1. The number of benzene rings is 2. The Hall–Kier alpha value is -2.04. The quantitative estimate of drug-likeness (QED) is 0.773. The average Bonchev–Trinajstić information content (AvgIpc) is 2.59. The Morgan fingerprint density at radius 1 is 1.08 bits per heavy atom. The van der Waals surface area contributed by atoms with Crippen molar-refractivity contribution in [3.63, 3.8) is 0 Å². The number of anilines is 2. The fourth-order valence-electron chi connectivity index (χ4n) is 2.41. The number of amides is 2. The second-order valence-electron chi connectivity index (χ2n) is 5.59. The van der Waals surface area contributed by atoms with Crippen LogP contribution in [-0.4, -0.2) is 18.4 Å². The number of hydrogen-bond acceptors (Lipinski definition) is 2. The SMILES string of the molecule is CCc1ccc(N(CCC(=O)Nc2cccc(Cl)c2Cl)C(C)=O)cc1. The van der Waals surface area contributed by atoms with E-state index in [0.717, 1.165) is 12.1 Å². The molecule has 0 bridgehead atoms. The fraction of sp³-hybridized carbons (Fsp3) is 0.263. The molecule has 0 aliphatic rings. The maximum atomic E-state index is 12.2. The van der Waals surface area contributed by atoms with Crippen LogP contribution < -0.4 is 10.2 Å². The van der Waals surface area contributed by atoms with E-state index < -0.39 is 0 Å². The molecule has 0 saturated carbocycles. The molecule has 2 amide bonds. The summed E-state index contributed by atoms with van der Waals surface area (Å²) in [7, 11) is 0. The molecule has 0 spiro atoms. The first-order chi connectivity index (χ1) is 11.9. The lowest BCUT2D eigenvalue weighted by atomic mass is 10.1. The van der Waals surface area contributed by atoms with Crippen LogP contribution >= 0.6 is 23.2 Å². The van der Waals surface area contributed by atoms with Crippen LogP contribution in [0.1, 0.15) is 25.8 Å². The minimum absolute atomic E-state index is 0.113. The van der Waals surface area contributed by atoms with Crippen molar-refractivity contribution in [3.8, 4) is 0 Å². The molecule has 0 heterocycles. The van der Waals surface area contributed by atoms with Crippen molar-refractivity contribution in [2.45, 2.75) is 26.7 Å². The van der Waals surface area contributed by atoms with Crippen LogP contribution in [0.2, 0.25) is 10.0 Å². The first-order valence-electron chi connectivity index (χ1n) is 8.03. The van der Waals surface area contributed by atoms with Crippen LogP contribution in [0.3, 0.4) is 0 Å². The topological polar surface area (TPSA) is 49.4 Å². The molecule has 0 aliphatic carbocycles. The normalized spacial score (nSPS) is 10.4. The van der Waals surface area contributed by atoms with Crippen molar-refractivity contribution in [2.75, 3.05) is 16.8 Å². The van der Waals surface area contributed by atoms with Gasteiger partial charge in [-0.25, -0.2) is 0 Å². The van der Waals surface area contributed by atoms with Crippen molar-refractivity contribution in [3.05, 3.63) is 58.1 Å². The van der Waals surface area contributed by atoms with Gasteiger partial charge in [0.05, 0.1) is 15.7 Å². The van der Waals surface area contributed by atoms with Crippen molar-refractivity contribution in [2.24, 2.45) is 0 Å². The summed E-state index contributed by atoms with van der Waals surface area (Å²) in [6, 6.07) is 12.8. The average molecular weight is 379 g/mol. The molecule has 0 aromatic heterocycles. The summed E-state index contributed by atoms with van der Waals surface area (Å²) in [6.45, 7) is 3.84. The third-order valence-electron chi connectivity index (χ3n) is 3.82. The van der Waals surface area contributed by atoms with Gasteiger partial charge in [0, 0.05) is 25.6 Å². The van der Waals surface area contributed by atoms with Gasteiger partial charge in [-0.1, -0.05) is 48.3 Å². The van der Waals surface area contributed by atoms with E-state index in [0.29, 0.717) is 15.7 Å². The van der Waals surface area contributed by atoms with Gasteiger partial charge in [0.2, 0.25) is 11.8 Å². The van der Waals surface area contributed by atoms with Crippen molar-refractivity contribution in [1.29, 1.82) is 0 Å². The number of halogens is 2. The number of nitrogens with zero attached hydrogens (tertiary/aromatic N) is 1. The van der Waals surface area contributed by atoms with Gasteiger partial charge in [0.15, 0.2) is 0 Å². The summed E-state index contributed by atoms with van der Waals surface area (Å²) in [6.07, 6.45) is 1.08. The first kappa shape index (κ1) is 19.3. The van der Waals surface area contributed by atoms with Gasteiger partial charge in [0.25, 0.3) is 0 Å². The molecule has 0 saturated heterocycles. The predicted molar refractivity (Wildman–Crippen MR) is 104 cm³/mol. The Morgan fingerprint density at radius 2 is 1.76 bits per heavy atom. The molecule has 0 radical (unpaired) electrons. The second kappa shape index (κ2) is 8.88. The van der Waals surface area contributed by atoms with E-state index in [1.165, 1.54) is 12.5 Å². The zero-order valence-electron chi connectivity index (χ0n) is 14.2. The Bertz CT molecular complexity index is 761. The molecular weight excluding hydrogens is 359 g/mol.